The number of hydrogen-bond acceptors (Lipinski definition) is 3. The molecule has 0 radical (unpaired) electrons. The smallest absolute Gasteiger partial charge is 0.169 e. The molecule has 6 heteroatoms. The van der Waals surface area contributed by atoms with Gasteiger partial charge in [-0.2, -0.15) is 0 Å². The second-order valence-corrected chi connectivity index (χ2v) is 4.26. The molecule has 1 heterocycles. The van der Waals surface area contributed by atoms with Crippen LogP contribution in [0.5, 0.6) is 0 Å². The first-order valence-electron chi connectivity index (χ1n) is 6.14. The van der Waals surface area contributed by atoms with Crippen LogP contribution >= 0.6 is 0 Å². The molecule has 0 fully saturated rings. The number of halogens is 3. The second kappa shape index (κ2) is 5.81. The standard InChI is InChI=1S/C14H14F3N3/c1-3-18-13-10(16)7-11(17)14(20-13)19-12-5-4-9(15)6-8(12)2/h4-7H,3H2,1-2H3,(H2,18,19,20). The van der Waals surface area contributed by atoms with Gasteiger partial charge in [0.15, 0.2) is 23.3 Å². The number of hydrogen-bond donors (Lipinski definition) is 2. The van der Waals surface area contributed by atoms with Crippen molar-refractivity contribution in [3.8, 4) is 0 Å². The first-order valence-corrected chi connectivity index (χ1v) is 6.14. The third-order valence-corrected chi connectivity index (χ3v) is 2.72. The summed E-state index contributed by atoms with van der Waals surface area (Å²) in [6, 6.07) is 4.80. The van der Waals surface area contributed by atoms with Gasteiger partial charge in [0.25, 0.3) is 0 Å². The minimum Gasteiger partial charge on any atom is -0.368 e. The van der Waals surface area contributed by atoms with Crippen molar-refractivity contribution in [3.05, 3.63) is 47.3 Å². The molecule has 0 aliphatic heterocycles. The van der Waals surface area contributed by atoms with Gasteiger partial charge in [-0.15, -0.1) is 0 Å². The van der Waals surface area contributed by atoms with Gasteiger partial charge in [0, 0.05) is 18.3 Å². The van der Waals surface area contributed by atoms with Crippen LogP contribution in [0.25, 0.3) is 0 Å². The molecule has 0 saturated carbocycles. The first-order chi connectivity index (χ1) is 9.51. The van der Waals surface area contributed by atoms with Gasteiger partial charge in [-0.05, 0) is 37.6 Å². The molecule has 3 nitrogen and oxygen atoms in total. The number of aryl methyl sites for hydroxylation is 1. The first kappa shape index (κ1) is 14.2. The SMILES string of the molecule is CCNc1nc(Nc2ccc(F)cc2C)c(F)cc1F. The summed E-state index contributed by atoms with van der Waals surface area (Å²) in [6.45, 7) is 3.92. The Bertz CT molecular complexity index is 629. The van der Waals surface area contributed by atoms with Crippen molar-refractivity contribution in [2.24, 2.45) is 0 Å². The van der Waals surface area contributed by atoms with E-state index in [9.17, 15) is 13.2 Å². The fourth-order valence-electron chi connectivity index (χ4n) is 1.74. The molecular weight excluding hydrogens is 267 g/mol. The van der Waals surface area contributed by atoms with Crippen LogP contribution in [-0.2, 0) is 0 Å². The zero-order valence-electron chi connectivity index (χ0n) is 11.1. The zero-order chi connectivity index (χ0) is 14.7. The summed E-state index contributed by atoms with van der Waals surface area (Å²) in [5.74, 6) is -2.10. The molecule has 0 atom stereocenters. The Kier molecular flexibility index (Phi) is 4.12. The monoisotopic (exact) mass is 281 g/mol. The van der Waals surface area contributed by atoms with Gasteiger partial charge < -0.3 is 10.6 Å². The average Bonchev–Trinajstić information content (AvgIpc) is 2.38. The lowest BCUT2D eigenvalue weighted by Gasteiger charge is -2.12. The molecule has 2 rings (SSSR count). The van der Waals surface area contributed by atoms with E-state index in [1.807, 2.05) is 0 Å². The Labute approximate surface area is 114 Å². The largest absolute Gasteiger partial charge is 0.368 e. The summed E-state index contributed by atoms with van der Waals surface area (Å²) in [6.07, 6.45) is 0. The number of aromatic nitrogens is 1. The van der Waals surface area contributed by atoms with Crippen molar-refractivity contribution in [2.45, 2.75) is 13.8 Å². The highest BCUT2D eigenvalue weighted by molar-refractivity contribution is 5.62. The van der Waals surface area contributed by atoms with Crippen LogP contribution in [0.15, 0.2) is 24.3 Å². The Hall–Kier alpha value is -2.24. The fraction of sp³-hybridized carbons (Fsp3) is 0.214. The van der Waals surface area contributed by atoms with E-state index in [0.717, 1.165) is 6.07 Å². The maximum Gasteiger partial charge on any atom is 0.169 e. The molecule has 0 aliphatic carbocycles. The van der Waals surface area contributed by atoms with Gasteiger partial charge in [0.2, 0.25) is 0 Å². The lowest BCUT2D eigenvalue weighted by Crippen LogP contribution is -2.06. The average molecular weight is 281 g/mol. The second-order valence-electron chi connectivity index (χ2n) is 4.26. The normalized spacial score (nSPS) is 10.4. The van der Waals surface area contributed by atoms with Crippen molar-refractivity contribution in [1.82, 2.24) is 4.98 Å². The topological polar surface area (TPSA) is 37.0 Å². The third kappa shape index (κ3) is 3.01. The van der Waals surface area contributed by atoms with Gasteiger partial charge in [-0.1, -0.05) is 0 Å². The van der Waals surface area contributed by atoms with Crippen LogP contribution in [0, 0.1) is 24.4 Å². The van der Waals surface area contributed by atoms with E-state index in [4.69, 9.17) is 0 Å². The van der Waals surface area contributed by atoms with Crippen molar-refractivity contribution < 1.29 is 13.2 Å². The lowest BCUT2D eigenvalue weighted by molar-refractivity contribution is 0.579. The van der Waals surface area contributed by atoms with Gasteiger partial charge >= 0.3 is 0 Å². The number of nitrogens with zero attached hydrogens (tertiary/aromatic N) is 1. The van der Waals surface area contributed by atoms with E-state index in [0.29, 0.717) is 17.8 Å². The minimum absolute atomic E-state index is 0.0313. The lowest BCUT2D eigenvalue weighted by atomic mass is 10.2. The number of anilines is 3. The maximum absolute atomic E-state index is 13.7. The highest BCUT2D eigenvalue weighted by Gasteiger charge is 2.12. The number of benzene rings is 1. The van der Waals surface area contributed by atoms with Crippen molar-refractivity contribution >= 4 is 17.3 Å². The van der Waals surface area contributed by atoms with Crippen LogP contribution < -0.4 is 10.6 Å². The third-order valence-electron chi connectivity index (χ3n) is 2.72. The van der Waals surface area contributed by atoms with E-state index >= 15 is 0 Å². The number of nitrogens with one attached hydrogen (secondary N) is 2. The molecule has 1 aromatic heterocycles. The number of rotatable bonds is 4. The van der Waals surface area contributed by atoms with Gasteiger partial charge in [0.1, 0.15) is 5.82 Å². The Morgan fingerprint density at radius 3 is 2.40 bits per heavy atom. The molecule has 0 amide bonds. The molecule has 20 heavy (non-hydrogen) atoms. The van der Waals surface area contributed by atoms with Crippen LogP contribution in [0.4, 0.5) is 30.5 Å². The summed E-state index contributed by atoms with van der Waals surface area (Å²) >= 11 is 0. The zero-order valence-corrected chi connectivity index (χ0v) is 11.1. The Balaban J connectivity index is 2.35. The molecule has 0 saturated heterocycles. The molecule has 2 N–H and O–H groups in total. The van der Waals surface area contributed by atoms with Crippen LogP contribution in [0.3, 0.4) is 0 Å². The van der Waals surface area contributed by atoms with Gasteiger partial charge in [-0.25, -0.2) is 18.2 Å². The van der Waals surface area contributed by atoms with Crippen LogP contribution in [0.2, 0.25) is 0 Å². The highest BCUT2D eigenvalue weighted by atomic mass is 19.1. The van der Waals surface area contributed by atoms with E-state index in [2.05, 4.69) is 15.6 Å². The highest BCUT2D eigenvalue weighted by Crippen LogP contribution is 2.24. The molecule has 0 unspecified atom stereocenters. The molecule has 1 aromatic carbocycles. The molecule has 0 aliphatic rings. The van der Waals surface area contributed by atoms with Crippen LogP contribution in [0.1, 0.15) is 12.5 Å². The summed E-state index contributed by atoms with van der Waals surface area (Å²) < 4.78 is 40.2. The molecule has 106 valence electrons. The molecular formula is C14H14F3N3. The van der Waals surface area contributed by atoms with E-state index in [-0.39, 0.29) is 17.5 Å². The molecule has 0 bridgehead atoms. The van der Waals surface area contributed by atoms with E-state index in [1.54, 1.807) is 13.8 Å². The molecule has 2 aromatic rings. The summed E-state index contributed by atoms with van der Waals surface area (Å²) in [5.41, 5.74) is 1.10. The van der Waals surface area contributed by atoms with Gasteiger partial charge in [0.05, 0.1) is 0 Å². The minimum atomic E-state index is -0.812. The van der Waals surface area contributed by atoms with Crippen molar-refractivity contribution in [2.75, 3.05) is 17.2 Å². The summed E-state index contributed by atoms with van der Waals surface area (Å²) in [7, 11) is 0. The van der Waals surface area contributed by atoms with E-state index < -0.39 is 11.6 Å². The number of pyridine rings is 1. The summed E-state index contributed by atoms with van der Waals surface area (Å²) in [4.78, 5) is 3.85. The Morgan fingerprint density at radius 1 is 1.05 bits per heavy atom. The van der Waals surface area contributed by atoms with Crippen LogP contribution in [-0.4, -0.2) is 11.5 Å². The predicted molar refractivity (Wildman–Crippen MR) is 72.7 cm³/mol. The predicted octanol–water partition coefficient (Wildman–Crippen LogP) is 3.98. The summed E-state index contributed by atoms with van der Waals surface area (Å²) in [5, 5.41) is 5.43. The Morgan fingerprint density at radius 2 is 1.75 bits per heavy atom. The molecule has 0 spiro atoms. The fourth-order valence-corrected chi connectivity index (χ4v) is 1.74. The van der Waals surface area contributed by atoms with Gasteiger partial charge in [-0.3, -0.25) is 0 Å². The quantitative estimate of drug-likeness (QED) is 0.890. The van der Waals surface area contributed by atoms with Crippen molar-refractivity contribution in [3.63, 3.8) is 0 Å². The van der Waals surface area contributed by atoms with E-state index in [1.165, 1.54) is 18.2 Å². The maximum atomic E-state index is 13.7. The van der Waals surface area contributed by atoms with Crippen molar-refractivity contribution in [1.29, 1.82) is 0 Å².